The molecular formula is C17H30N2O. The van der Waals surface area contributed by atoms with E-state index in [1.54, 1.807) is 0 Å². The topological polar surface area (TPSA) is 38.0 Å². The zero-order chi connectivity index (χ0) is 14.5. The highest BCUT2D eigenvalue weighted by atomic mass is 16.3. The van der Waals surface area contributed by atoms with Gasteiger partial charge in [0.1, 0.15) is 0 Å². The first-order valence-corrected chi connectivity index (χ1v) is 8.36. The fraction of sp³-hybridized carbons (Fsp3) is 0.824. The van der Waals surface area contributed by atoms with Crippen LogP contribution in [0.5, 0.6) is 0 Å². The highest BCUT2D eigenvalue weighted by Gasteiger charge is 2.29. The van der Waals surface area contributed by atoms with Crippen molar-refractivity contribution in [1.29, 1.82) is 0 Å². The van der Waals surface area contributed by atoms with E-state index in [0.29, 0.717) is 12.0 Å². The van der Waals surface area contributed by atoms with E-state index >= 15 is 0 Å². The quantitative estimate of drug-likeness (QED) is 0.855. The standard InChI is InChI=1S/C17H30N2O/c1-4-6-14-7-8-17(20)15(11-14)12-16-9-10-19(18-16)13(3)5-2/h9-10,13-15,17,20H,4-8,11-12H2,1-3H3. The van der Waals surface area contributed by atoms with Crippen LogP contribution in [-0.2, 0) is 6.42 Å². The van der Waals surface area contributed by atoms with Crippen LogP contribution in [0.4, 0.5) is 0 Å². The van der Waals surface area contributed by atoms with Crippen molar-refractivity contribution >= 4 is 0 Å². The molecule has 1 aromatic heterocycles. The lowest BCUT2D eigenvalue weighted by Gasteiger charge is -2.33. The molecule has 1 aliphatic carbocycles. The molecule has 2 rings (SSSR count). The van der Waals surface area contributed by atoms with E-state index in [2.05, 4.69) is 42.8 Å². The Hall–Kier alpha value is -0.830. The third-order valence-corrected chi connectivity index (χ3v) is 4.93. The van der Waals surface area contributed by atoms with Crippen LogP contribution in [0.1, 0.15) is 71.0 Å². The van der Waals surface area contributed by atoms with Crippen LogP contribution in [0.2, 0.25) is 0 Å². The Morgan fingerprint density at radius 1 is 1.40 bits per heavy atom. The van der Waals surface area contributed by atoms with E-state index in [4.69, 9.17) is 0 Å². The van der Waals surface area contributed by atoms with E-state index in [0.717, 1.165) is 30.9 Å². The van der Waals surface area contributed by atoms with Crippen molar-refractivity contribution in [3.05, 3.63) is 18.0 Å². The Morgan fingerprint density at radius 3 is 2.90 bits per heavy atom. The zero-order valence-corrected chi connectivity index (χ0v) is 13.3. The van der Waals surface area contributed by atoms with Gasteiger partial charge < -0.3 is 5.11 Å². The van der Waals surface area contributed by atoms with Gasteiger partial charge >= 0.3 is 0 Å². The average molecular weight is 278 g/mol. The molecule has 3 nitrogen and oxygen atoms in total. The Labute approximate surface area is 123 Å². The van der Waals surface area contributed by atoms with Crippen LogP contribution in [-0.4, -0.2) is 21.0 Å². The van der Waals surface area contributed by atoms with Gasteiger partial charge in [-0.25, -0.2) is 0 Å². The van der Waals surface area contributed by atoms with Gasteiger partial charge in [-0.05, 0) is 56.9 Å². The molecule has 4 atom stereocenters. The maximum Gasteiger partial charge on any atom is 0.0628 e. The van der Waals surface area contributed by atoms with E-state index in [-0.39, 0.29) is 6.10 Å². The number of hydrogen-bond donors (Lipinski definition) is 1. The van der Waals surface area contributed by atoms with Crippen LogP contribution >= 0.6 is 0 Å². The first kappa shape index (κ1) is 15.6. The van der Waals surface area contributed by atoms with E-state index < -0.39 is 0 Å². The van der Waals surface area contributed by atoms with Crippen molar-refractivity contribution in [1.82, 2.24) is 9.78 Å². The van der Waals surface area contributed by atoms with E-state index in [1.165, 1.54) is 25.7 Å². The molecule has 0 saturated heterocycles. The van der Waals surface area contributed by atoms with E-state index in [9.17, 15) is 5.11 Å². The van der Waals surface area contributed by atoms with Crippen LogP contribution in [0, 0.1) is 11.8 Å². The van der Waals surface area contributed by atoms with Gasteiger partial charge in [0.05, 0.1) is 11.8 Å². The summed E-state index contributed by atoms with van der Waals surface area (Å²) in [4.78, 5) is 0. The molecule has 0 amide bonds. The zero-order valence-electron chi connectivity index (χ0n) is 13.3. The summed E-state index contributed by atoms with van der Waals surface area (Å²) < 4.78 is 2.06. The molecule has 1 fully saturated rings. The van der Waals surface area contributed by atoms with Crippen molar-refractivity contribution in [2.45, 2.75) is 77.9 Å². The van der Waals surface area contributed by atoms with Crippen molar-refractivity contribution in [2.75, 3.05) is 0 Å². The second-order valence-electron chi connectivity index (χ2n) is 6.54. The van der Waals surface area contributed by atoms with Crippen molar-refractivity contribution in [3.8, 4) is 0 Å². The molecule has 3 heteroatoms. The largest absolute Gasteiger partial charge is 0.393 e. The number of aromatic nitrogens is 2. The molecule has 0 radical (unpaired) electrons. The van der Waals surface area contributed by atoms with Crippen molar-refractivity contribution < 1.29 is 5.11 Å². The molecular weight excluding hydrogens is 248 g/mol. The van der Waals surface area contributed by atoms with E-state index in [1.807, 2.05) is 0 Å². The fourth-order valence-corrected chi connectivity index (χ4v) is 3.42. The van der Waals surface area contributed by atoms with Crippen LogP contribution in [0.25, 0.3) is 0 Å². The SMILES string of the molecule is CCCC1CCC(O)C(Cc2ccn(C(C)CC)n2)C1. The molecule has 1 N–H and O–H groups in total. The Balaban J connectivity index is 1.95. The number of aliphatic hydroxyl groups excluding tert-OH is 1. The van der Waals surface area contributed by atoms with Gasteiger partial charge in [0.2, 0.25) is 0 Å². The van der Waals surface area contributed by atoms with Crippen molar-refractivity contribution in [3.63, 3.8) is 0 Å². The predicted octanol–water partition coefficient (Wildman–Crippen LogP) is 3.97. The minimum absolute atomic E-state index is 0.128. The van der Waals surface area contributed by atoms with Gasteiger partial charge in [-0.3, -0.25) is 4.68 Å². The number of rotatable bonds is 6. The Bertz CT molecular complexity index is 401. The number of hydrogen-bond acceptors (Lipinski definition) is 2. The molecule has 4 unspecified atom stereocenters. The summed E-state index contributed by atoms with van der Waals surface area (Å²) in [6.45, 7) is 6.64. The third kappa shape index (κ3) is 3.85. The minimum Gasteiger partial charge on any atom is -0.393 e. The Morgan fingerprint density at radius 2 is 2.20 bits per heavy atom. The Kier molecular flexibility index (Phi) is 5.64. The van der Waals surface area contributed by atoms with Gasteiger partial charge in [-0.2, -0.15) is 5.10 Å². The highest BCUT2D eigenvalue weighted by Crippen LogP contribution is 2.34. The summed E-state index contributed by atoms with van der Waals surface area (Å²) in [5.41, 5.74) is 1.14. The lowest BCUT2D eigenvalue weighted by Crippen LogP contribution is -2.30. The molecule has 114 valence electrons. The third-order valence-electron chi connectivity index (χ3n) is 4.93. The second kappa shape index (κ2) is 7.26. The molecule has 0 spiro atoms. The minimum atomic E-state index is -0.128. The van der Waals surface area contributed by atoms with Crippen LogP contribution in [0.15, 0.2) is 12.3 Å². The lowest BCUT2D eigenvalue weighted by atomic mass is 9.76. The summed E-state index contributed by atoms with van der Waals surface area (Å²) in [6.07, 6.45) is 9.91. The molecule has 0 bridgehead atoms. The maximum atomic E-state index is 10.2. The normalized spacial score (nSPS) is 28.5. The molecule has 1 heterocycles. The summed E-state index contributed by atoms with van der Waals surface area (Å²) in [7, 11) is 0. The average Bonchev–Trinajstić information content (AvgIpc) is 2.90. The fourth-order valence-electron chi connectivity index (χ4n) is 3.42. The summed E-state index contributed by atoms with van der Waals surface area (Å²) >= 11 is 0. The second-order valence-corrected chi connectivity index (χ2v) is 6.54. The molecule has 1 saturated carbocycles. The lowest BCUT2D eigenvalue weighted by molar-refractivity contribution is 0.0457. The molecule has 0 aromatic carbocycles. The van der Waals surface area contributed by atoms with Gasteiger partial charge in [0.15, 0.2) is 0 Å². The predicted molar refractivity (Wildman–Crippen MR) is 82.7 cm³/mol. The molecule has 1 aliphatic rings. The van der Waals surface area contributed by atoms with Crippen molar-refractivity contribution in [2.24, 2.45) is 11.8 Å². The molecule has 0 aliphatic heterocycles. The molecule has 1 aromatic rings. The highest BCUT2D eigenvalue weighted by molar-refractivity contribution is 5.02. The first-order valence-electron chi connectivity index (χ1n) is 8.36. The number of nitrogens with zero attached hydrogens (tertiary/aromatic N) is 2. The van der Waals surface area contributed by atoms with Gasteiger partial charge in [-0.15, -0.1) is 0 Å². The maximum absolute atomic E-state index is 10.2. The van der Waals surface area contributed by atoms with Crippen LogP contribution < -0.4 is 0 Å². The molecule has 20 heavy (non-hydrogen) atoms. The van der Waals surface area contributed by atoms with Gasteiger partial charge in [-0.1, -0.05) is 26.7 Å². The summed E-state index contributed by atoms with van der Waals surface area (Å²) in [5.74, 6) is 1.21. The summed E-state index contributed by atoms with van der Waals surface area (Å²) in [5, 5.41) is 14.9. The summed E-state index contributed by atoms with van der Waals surface area (Å²) in [6, 6.07) is 2.59. The monoisotopic (exact) mass is 278 g/mol. The van der Waals surface area contributed by atoms with Crippen LogP contribution in [0.3, 0.4) is 0 Å². The first-order chi connectivity index (χ1) is 9.63. The van der Waals surface area contributed by atoms with Gasteiger partial charge in [0, 0.05) is 12.2 Å². The van der Waals surface area contributed by atoms with Gasteiger partial charge in [0.25, 0.3) is 0 Å². The number of aliphatic hydroxyl groups is 1. The smallest absolute Gasteiger partial charge is 0.0628 e.